The molecular weight excluding hydrogens is 238 g/mol. The van der Waals surface area contributed by atoms with Crippen molar-refractivity contribution >= 4 is 15.7 Å². The van der Waals surface area contributed by atoms with Crippen molar-refractivity contribution in [2.45, 2.75) is 24.7 Å². The molecule has 2 N–H and O–H groups in total. The van der Waals surface area contributed by atoms with Crippen molar-refractivity contribution in [3.63, 3.8) is 0 Å². The molecule has 0 heterocycles. The van der Waals surface area contributed by atoms with Gasteiger partial charge in [0.15, 0.2) is 0 Å². The average Bonchev–Trinajstić information content (AvgIpc) is 2.29. The molecule has 1 aromatic carbocycles. The minimum atomic E-state index is -2.77. The van der Waals surface area contributed by atoms with Gasteiger partial charge in [0.1, 0.15) is 0 Å². The van der Waals surface area contributed by atoms with Gasteiger partial charge >= 0.3 is 5.97 Å². The van der Waals surface area contributed by atoms with Crippen LogP contribution >= 0.6 is 0 Å². The van der Waals surface area contributed by atoms with E-state index in [1.165, 1.54) is 0 Å². The Hall–Kier alpha value is -1.36. The van der Waals surface area contributed by atoms with E-state index >= 15 is 0 Å². The van der Waals surface area contributed by atoms with Gasteiger partial charge in [0.25, 0.3) is 0 Å². The fourth-order valence-electron chi connectivity index (χ4n) is 1.47. The maximum absolute atomic E-state index is 12.1. The lowest BCUT2D eigenvalue weighted by Crippen LogP contribution is -2.12. The number of rotatable bonds is 6. The van der Waals surface area contributed by atoms with Crippen molar-refractivity contribution < 1.29 is 14.1 Å². The summed E-state index contributed by atoms with van der Waals surface area (Å²) >= 11 is 0. The number of carboxylic acids is 1. The third-order valence-corrected chi connectivity index (χ3v) is 4.51. The quantitative estimate of drug-likeness (QED) is 0.820. The number of hydrogen-bond acceptors (Lipinski definition) is 3. The van der Waals surface area contributed by atoms with Gasteiger partial charge in [0.05, 0.1) is 15.6 Å². The minimum absolute atomic E-state index is 0.217. The fraction of sp³-hybridized carbons (Fsp3) is 0.417. The number of carbonyl (C=O) groups is 1. The maximum Gasteiger partial charge on any atom is 0.306 e. The van der Waals surface area contributed by atoms with E-state index < -0.39 is 21.6 Å². The Morgan fingerprint density at radius 1 is 1.41 bits per heavy atom. The van der Waals surface area contributed by atoms with Crippen molar-refractivity contribution in [1.82, 2.24) is 0 Å². The predicted molar refractivity (Wildman–Crippen MR) is 66.5 cm³/mol. The molecule has 5 heteroatoms. The highest BCUT2D eigenvalue weighted by Gasteiger charge is 2.13. The Labute approximate surface area is 102 Å². The molecule has 0 aromatic heterocycles. The topological polar surface area (TPSA) is 78.2 Å². The molecule has 2 unspecified atom stereocenters. The zero-order valence-electron chi connectivity index (χ0n) is 9.76. The van der Waals surface area contributed by atoms with Crippen LogP contribution in [-0.4, -0.2) is 21.0 Å². The first-order valence-electron chi connectivity index (χ1n) is 5.48. The van der Waals surface area contributed by atoms with Crippen LogP contribution in [0.15, 0.2) is 35.2 Å². The van der Waals surface area contributed by atoms with Crippen LogP contribution in [0.25, 0.3) is 0 Å². The van der Waals surface area contributed by atoms with Gasteiger partial charge in [-0.3, -0.25) is 4.79 Å². The van der Waals surface area contributed by atoms with Crippen LogP contribution in [0.1, 0.15) is 19.8 Å². The first kappa shape index (κ1) is 13.7. The second kappa shape index (κ2) is 5.82. The zero-order chi connectivity index (χ0) is 12.9. The molecule has 0 bridgehead atoms. The molecule has 0 aliphatic carbocycles. The summed E-state index contributed by atoms with van der Waals surface area (Å²) in [5.74, 6) is -1.07. The number of aliphatic carboxylic acids is 1. The maximum atomic E-state index is 12.1. The number of carboxylic acid groups (broad SMARTS) is 1. The van der Waals surface area contributed by atoms with Crippen LogP contribution in [0.3, 0.4) is 0 Å². The molecule has 0 spiro atoms. The van der Waals surface area contributed by atoms with Crippen LogP contribution in [0.5, 0.6) is 0 Å². The molecular formula is C12H17NO3S. The third kappa shape index (κ3) is 4.19. The van der Waals surface area contributed by atoms with Crippen LogP contribution in [0.2, 0.25) is 0 Å². The average molecular weight is 255 g/mol. The fourth-order valence-corrected chi connectivity index (χ4v) is 2.88. The van der Waals surface area contributed by atoms with E-state index in [2.05, 4.69) is 0 Å². The van der Waals surface area contributed by atoms with Crippen molar-refractivity contribution in [3.05, 3.63) is 30.3 Å². The zero-order valence-corrected chi connectivity index (χ0v) is 10.6. The van der Waals surface area contributed by atoms with Crippen LogP contribution in [0, 0.1) is 10.7 Å². The summed E-state index contributed by atoms with van der Waals surface area (Å²) in [4.78, 5) is 11.1. The molecule has 94 valence electrons. The number of nitrogens with one attached hydrogen (secondary N) is 1. The summed E-state index contributed by atoms with van der Waals surface area (Å²) in [6.45, 7) is 1.62. The highest BCUT2D eigenvalue weighted by molar-refractivity contribution is 7.92. The van der Waals surface area contributed by atoms with E-state index in [-0.39, 0.29) is 5.75 Å². The van der Waals surface area contributed by atoms with Crippen molar-refractivity contribution in [3.8, 4) is 0 Å². The third-order valence-electron chi connectivity index (χ3n) is 2.61. The predicted octanol–water partition coefficient (Wildman–Crippen LogP) is 2.59. The standard InChI is InChI=1S/C12H17NO3S/c1-10(12(14)15)6-5-9-17(13,16)11-7-3-2-4-8-11/h2-4,7-8,10,13H,5-6,9H2,1H3,(H,14,15). The SMILES string of the molecule is CC(CCCS(=N)(=O)c1ccccc1)C(=O)O. The Morgan fingerprint density at radius 3 is 2.53 bits per heavy atom. The lowest BCUT2D eigenvalue weighted by Gasteiger charge is -2.09. The summed E-state index contributed by atoms with van der Waals surface area (Å²) in [5.41, 5.74) is 0. The van der Waals surface area contributed by atoms with Gasteiger partial charge in [-0.2, -0.15) is 0 Å². The smallest absolute Gasteiger partial charge is 0.306 e. The summed E-state index contributed by atoms with van der Waals surface area (Å²) < 4.78 is 19.9. The molecule has 0 aliphatic rings. The molecule has 0 fully saturated rings. The normalized spacial score (nSPS) is 16.1. The Balaban J connectivity index is 2.55. The summed E-state index contributed by atoms with van der Waals surface area (Å²) in [7, 11) is -2.77. The van der Waals surface area contributed by atoms with Gasteiger partial charge in [-0.15, -0.1) is 0 Å². The Bertz CT molecular complexity index is 468. The molecule has 2 atom stereocenters. The van der Waals surface area contributed by atoms with Crippen LogP contribution in [-0.2, 0) is 14.5 Å². The van der Waals surface area contributed by atoms with Gasteiger partial charge in [0, 0.05) is 10.6 Å². The minimum Gasteiger partial charge on any atom is -0.481 e. The van der Waals surface area contributed by atoms with Gasteiger partial charge in [-0.25, -0.2) is 8.99 Å². The molecule has 0 saturated heterocycles. The number of benzene rings is 1. The van der Waals surface area contributed by atoms with E-state index in [0.717, 1.165) is 0 Å². The van der Waals surface area contributed by atoms with Crippen molar-refractivity contribution in [1.29, 1.82) is 4.78 Å². The van der Waals surface area contributed by atoms with E-state index in [9.17, 15) is 9.00 Å². The summed E-state index contributed by atoms with van der Waals surface area (Å²) in [5, 5.41) is 8.71. The van der Waals surface area contributed by atoms with Crippen LogP contribution in [0.4, 0.5) is 0 Å². The highest BCUT2D eigenvalue weighted by Crippen LogP contribution is 2.14. The molecule has 1 rings (SSSR count). The highest BCUT2D eigenvalue weighted by atomic mass is 32.2. The van der Waals surface area contributed by atoms with Gasteiger partial charge < -0.3 is 5.11 Å². The van der Waals surface area contributed by atoms with Gasteiger partial charge in [0.2, 0.25) is 0 Å². The Kier molecular flexibility index (Phi) is 4.69. The lowest BCUT2D eigenvalue weighted by atomic mass is 10.1. The van der Waals surface area contributed by atoms with Gasteiger partial charge in [-0.05, 0) is 25.0 Å². The first-order chi connectivity index (χ1) is 7.93. The second-order valence-corrected chi connectivity index (χ2v) is 6.30. The number of hydrogen-bond donors (Lipinski definition) is 2. The van der Waals surface area contributed by atoms with E-state index in [1.54, 1.807) is 31.2 Å². The van der Waals surface area contributed by atoms with E-state index in [4.69, 9.17) is 9.89 Å². The molecule has 4 nitrogen and oxygen atoms in total. The summed E-state index contributed by atoms with van der Waals surface area (Å²) in [6.07, 6.45) is 0.947. The van der Waals surface area contributed by atoms with Crippen molar-refractivity contribution in [2.24, 2.45) is 5.92 Å². The first-order valence-corrected chi connectivity index (χ1v) is 7.20. The Morgan fingerprint density at radius 2 is 2.00 bits per heavy atom. The lowest BCUT2D eigenvalue weighted by molar-refractivity contribution is -0.141. The van der Waals surface area contributed by atoms with Crippen molar-refractivity contribution in [2.75, 3.05) is 5.75 Å². The molecule has 1 aromatic rings. The summed E-state index contributed by atoms with van der Waals surface area (Å²) in [6, 6.07) is 8.67. The molecule has 0 radical (unpaired) electrons. The molecule has 17 heavy (non-hydrogen) atoms. The monoisotopic (exact) mass is 255 g/mol. The van der Waals surface area contributed by atoms with E-state index in [0.29, 0.717) is 17.7 Å². The van der Waals surface area contributed by atoms with E-state index in [1.807, 2.05) is 6.07 Å². The van der Waals surface area contributed by atoms with Crippen LogP contribution < -0.4 is 0 Å². The molecule has 0 saturated carbocycles. The van der Waals surface area contributed by atoms with Gasteiger partial charge in [-0.1, -0.05) is 25.1 Å². The largest absolute Gasteiger partial charge is 0.481 e. The second-order valence-electron chi connectivity index (χ2n) is 4.07. The molecule has 0 aliphatic heterocycles. The molecule has 0 amide bonds.